The highest BCUT2D eigenvalue weighted by molar-refractivity contribution is 6.21. The van der Waals surface area contributed by atoms with Gasteiger partial charge in [-0.05, 0) is 23.6 Å². The number of carbonyl (C=O) groups excluding carboxylic acids is 3. The first-order valence-corrected chi connectivity index (χ1v) is 8.96. The molecule has 0 fully saturated rings. The molecule has 0 radical (unpaired) electrons. The van der Waals surface area contributed by atoms with E-state index in [1.165, 1.54) is 12.1 Å². The number of hydrogen-bond acceptors (Lipinski definition) is 4. The molecule has 2 amide bonds. The second-order valence-electron chi connectivity index (χ2n) is 6.80. The normalized spacial score (nSPS) is 14.7. The third kappa shape index (κ3) is 5.22. The highest BCUT2D eigenvalue weighted by Crippen LogP contribution is 2.30. The third-order valence-corrected chi connectivity index (χ3v) is 4.54. The molecule has 8 heteroatoms. The highest BCUT2D eigenvalue weighted by atomic mass is 19.4. The predicted molar refractivity (Wildman–Crippen MR) is 96.8 cm³/mol. The van der Waals surface area contributed by atoms with Gasteiger partial charge >= 0.3 is 12.1 Å². The van der Waals surface area contributed by atoms with Crippen molar-refractivity contribution in [3.8, 4) is 0 Å². The van der Waals surface area contributed by atoms with Crippen LogP contribution >= 0.6 is 0 Å². The second-order valence-corrected chi connectivity index (χ2v) is 6.80. The SMILES string of the molecule is O=C(CC(CN1C(=O)c2ccccc2C1=O)CC(F)(F)F)OCc1ccccc1. The summed E-state index contributed by atoms with van der Waals surface area (Å²) in [7, 11) is 0. The number of nitrogens with zero attached hydrogens (tertiary/aromatic N) is 1. The van der Waals surface area contributed by atoms with Gasteiger partial charge in [0.25, 0.3) is 11.8 Å². The molecule has 3 rings (SSSR count). The fourth-order valence-electron chi connectivity index (χ4n) is 3.22. The van der Waals surface area contributed by atoms with Crippen LogP contribution in [0.25, 0.3) is 0 Å². The Morgan fingerprint density at radius 3 is 2.03 bits per heavy atom. The summed E-state index contributed by atoms with van der Waals surface area (Å²) >= 11 is 0. The summed E-state index contributed by atoms with van der Waals surface area (Å²) in [5, 5.41) is 0. The number of carbonyl (C=O) groups is 3. The number of alkyl halides is 3. The molecule has 1 heterocycles. The molecule has 1 aliphatic rings. The average Bonchev–Trinajstić information content (AvgIpc) is 2.91. The van der Waals surface area contributed by atoms with Crippen LogP contribution in [0.4, 0.5) is 13.2 Å². The predicted octanol–water partition coefficient (Wildman–Crippen LogP) is 3.98. The standard InChI is InChI=1S/C21H18F3NO4/c22-21(23,24)11-15(10-18(26)29-13-14-6-2-1-3-7-14)12-25-19(27)16-8-4-5-9-17(16)20(25)28/h1-9,15H,10-13H2. The number of rotatable bonds is 7. The average molecular weight is 405 g/mol. The number of esters is 1. The van der Waals surface area contributed by atoms with E-state index in [0.717, 1.165) is 4.90 Å². The van der Waals surface area contributed by atoms with E-state index in [4.69, 9.17) is 4.74 Å². The maximum atomic E-state index is 13.0. The topological polar surface area (TPSA) is 63.7 Å². The molecule has 0 N–H and O–H groups in total. The summed E-state index contributed by atoms with van der Waals surface area (Å²) in [6.45, 7) is -0.572. The Bertz CT molecular complexity index is 877. The van der Waals surface area contributed by atoms with E-state index >= 15 is 0 Å². The van der Waals surface area contributed by atoms with Crippen LogP contribution < -0.4 is 0 Å². The van der Waals surface area contributed by atoms with Crippen LogP contribution in [0, 0.1) is 5.92 Å². The fraction of sp³-hybridized carbons (Fsp3) is 0.286. The maximum absolute atomic E-state index is 13.0. The molecule has 0 spiro atoms. The van der Waals surface area contributed by atoms with Gasteiger partial charge in [-0.2, -0.15) is 13.2 Å². The second kappa shape index (κ2) is 8.46. The minimum absolute atomic E-state index is 0.0641. The Kier molecular flexibility index (Phi) is 6.00. The highest BCUT2D eigenvalue weighted by Gasteiger charge is 2.40. The van der Waals surface area contributed by atoms with Gasteiger partial charge in [-0.15, -0.1) is 0 Å². The van der Waals surface area contributed by atoms with Gasteiger partial charge in [0.1, 0.15) is 6.61 Å². The number of hydrogen-bond donors (Lipinski definition) is 0. The Balaban J connectivity index is 1.67. The van der Waals surface area contributed by atoms with E-state index in [2.05, 4.69) is 0 Å². The minimum Gasteiger partial charge on any atom is -0.461 e. The molecule has 5 nitrogen and oxygen atoms in total. The van der Waals surface area contributed by atoms with Crippen molar-refractivity contribution in [3.05, 3.63) is 71.3 Å². The van der Waals surface area contributed by atoms with Gasteiger partial charge in [-0.1, -0.05) is 42.5 Å². The van der Waals surface area contributed by atoms with E-state index in [1.54, 1.807) is 42.5 Å². The summed E-state index contributed by atoms with van der Waals surface area (Å²) < 4.78 is 44.1. The number of halogens is 3. The van der Waals surface area contributed by atoms with Crippen molar-refractivity contribution in [1.29, 1.82) is 0 Å². The van der Waals surface area contributed by atoms with Gasteiger partial charge in [0.2, 0.25) is 0 Å². The van der Waals surface area contributed by atoms with Gasteiger partial charge in [-0.3, -0.25) is 19.3 Å². The van der Waals surface area contributed by atoms with Gasteiger partial charge in [0, 0.05) is 13.0 Å². The minimum atomic E-state index is -4.55. The summed E-state index contributed by atoms with van der Waals surface area (Å²) in [6.07, 6.45) is -6.41. The smallest absolute Gasteiger partial charge is 0.389 e. The largest absolute Gasteiger partial charge is 0.461 e. The van der Waals surface area contributed by atoms with Crippen LogP contribution in [0.3, 0.4) is 0 Å². The van der Waals surface area contributed by atoms with Gasteiger partial charge in [0.15, 0.2) is 0 Å². The zero-order chi connectivity index (χ0) is 21.0. The van der Waals surface area contributed by atoms with Crippen molar-refractivity contribution in [2.45, 2.75) is 25.6 Å². The van der Waals surface area contributed by atoms with Gasteiger partial charge in [0.05, 0.1) is 17.5 Å². The lowest BCUT2D eigenvalue weighted by Crippen LogP contribution is -2.37. The summed E-state index contributed by atoms with van der Waals surface area (Å²) in [5.74, 6) is -3.42. The van der Waals surface area contributed by atoms with Crippen molar-refractivity contribution in [2.75, 3.05) is 6.54 Å². The van der Waals surface area contributed by atoms with Crippen molar-refractivity contribution >= 4 is 17.8 Å². The van der Waals surface area contributed by atoms with Gasteiger partial charge < -0.3 is 4.74 Å². The molecule has 1 unspecified atom stereocenters. The summed E-state index contributed by atoms with van der Waals surface area (Å²) in [6, 6.07) is 14.8. The monoisotopic (exact) mass is 405 g/mol. The molecule has 2 aromatic rings. The quantitative estimate of drug-likeness (QED) is 0.516. The van der Waals surface area contributed by atoms with Crippen LogP contribution in [0.2, 0.25) is 0 Å². The number of ether oxygens (including phenoxy) is 1. The van der Waals surface area contributed by atoms with Crippen LogP contribution in [-0.2, 0) is 16.1 Å². The van der Waals surface area contributed by atoms with Crippen molar-refractivity contribution in [1.82, 2.24) is 4.90 Å². The molecule has 1 aliphatic heterocycles. The lowest BCUT2D eigenvalue weighted by Gasteiger charge is -2.23. The molecule has 152 valence electrons. The molecule has 1 atom stereocenters. The molecular formula is C21H18F3NO4. The van der Waals surface area contributed by atoms with Crippen LogP contribution in [0.5, 0.6) is 0 Å². The molecular weight excluding hydrogens is 387 g/mol. The number of fused-ring (bicyclic) bond motifs is 1. The Morgan fingerprint density at radius 2 is 1.48 bits per heavy atom. The van der Waals surface area contributed by atoms with Crippen LogP contribution in [0.15, 0.2) is 54.6 Å². The molecule has 0 saturated heterocycles. The molecule has 29 heavy (non-hydrogen) atoms. The Hall–Kier alpha value is -3.16. The first-order chi connectivity index (χ1) is 13.7. The van der Waals surface area contributed by atoms with E-state index in [0.29, 0.717) is 5.56 Å². The fourth-order valence-corrected chi connectivity index (χ4v) is 3.22. The summed E-state index contributed by atoms with van der Waals surface area (Å²) in [5.41, 5.74) is 0.999. The number of benzene rings is 2. The third-order valence-electron chi connectivity index (χ3n) is 4.54. The molecule has 2 aromatic carbocycles. The lowest BCUT2D eigenvalue weighted by molar-refractivity contribution is -0.155. The van der Waals surface area contributed by atoms with E-state index < -0.39 is 49.3 Å². The maximum Gasteiger partial charge on any atom is 0.389 e. The van der Waals surface area contributed by atoms with Crippen molar-refractivity contribution < 1.29 is 32.3 Å². The molecule has 0 aromatic heterocycles. The Labute approximate surface area is 165 Å². The lowest BCUT2D eigenvalue weighted by atomic mass is 10.00. The first-order valence-electron chi connectivity index (χ1n) is 8.96. The molecule has 0 aliphatic carbocycles. The van der Waals surface area contributed by atoms with E-state index in [9.17, 15) is 27.6 Å². The van der Waals surface area contributed by atoms with E-state index in [1.807, 2.05) is 0 Å². The molecule has 0 saturated carbocycles. The molecule has 0 bridgehead atoms. The summed E-state index contributed by atoms with van der Waals surface area (Å²) in [4.78, 5) is 37.7. The zero-order valence-electron chi connectivity index (χ0n) is 15.3. The van der Waals surface area contributed by atoms with Crippen molar-refractivity contribution in [2.24, 2.45) is 5.92 Å². The van der Waals surface area contributed by atoms with Crippen LogP contribution in [-0.4, -0.2) is 35.4 Å². The van der Waals surface area contributed by atoms with E-state index in [-0.39, 0.29) is 17.7 Å². The van der Waals surface area contributed by atoms with Gasteiger partial charge in [-0.25, -0.2) is 0 Å². The van der Waals surface area contributed by atoms with Crippen molar-refractivity contribution in [3.63, 3.8) is 0 Å². The zero-order valence-corrected chi connectivity index (χ0v) is 15.3. The number of imide groups is 1. The Morgan fingerprint density at radius 1 is 0.931 bits per heavy atom. The number of amides is 2. The first kappa shape index (κ1) is 20.6. The van der Waals surface area contributed by atoms with Crippen LogP contribution in [0.1, 0.15) is 39.1 Å².